The van der Waals surface area contributed by atoms with E-state index in [2.05, 4.69) is 4.98 Å². The highest BCUT2D eigenvalue weighted by Crippen LogP contribution is 2.15. The van der Waals surface area contributed by atoms with Gasteiger partial charge in [0.05, 0.1) is 36.2 Å². The van der Waals surface area contributed by atoms with E-state index in [-0.39, 0.29) is 6.10 Å². The summed E-state index contributed by atoms with van der Waals surface area (Å²) in [5, 5.41) is 8.57. The summed E-state index contributed by atoms with van der Waals surface area (Å²) in [4.78, 5) is 16.7. The third-order valence-electron chi connectivity index (χ3n) is 2.06. The minimum absolute atomic E-state index is 0.0493. The largest absolute Gasteiger partial charge is 0.465 e. The first-order valence-electron chi connectivity index (χ1n) is 4.22. The number of rotatable bonds is 3. The molecule has 0 unspecified atom stereocenters. The molecule has 14 heavy (non-hydrogen) atoms. The van der Waals surface area contributed by atoms with Gasteiger partial charge in [0, 0.05) is 6.20 Å². The van der Waals surface area contributed by atoms with Crippen LogP contribution in [-0.2, 0) is 11.3 Å². The number of carbonyl (C=O) groups is 1. The molecule has 1 fully saturated rings. The third-order valence-corrected chi connectivity index (χ3v) is 2.82. The number of nitrogens with zero attached hydrogens (tertiary/aromatic N) is 2. The Hall–Kier alpha value is -1.14. The van der Waals surface area contributed by atoms with Crippen molar-refractivity contribution in [3.63, 3.8) is 0 Å². The molecule has 1 aromatic heterocycles. The number of amides is 1. The maximum atomic E-state index is 10.4. The number of ether oxygens (including phenoxy) is 1. The lowest BCUT2D eigenvalue weighted by molar-refractivity contribution is -0.0515. The van der Waals surface area contributed by atoms with Gasteiger partial charge in [0.1, 0.15) is 0 Å². The summed E-state index contributed by atoms with van der Waals surface area (Å²) < 4.78 is 5.47. The maximum absolute atomic E-state index is 10.4. The van der Waals surface area contributed by atoms with Crippen LogP contribution in [-0.4, -0.2) is 40.3 Å². The lowest BCUT2D eigenvalue weighted by Gasteiger charge is -2.36. The van der Waals surface area contributed by atoms with Gasteiger partial charge in [-0.3, -0.25) is 4.98 Å². The van der Waals surface area contributed by atoms with E-state index in [0.717, 1.165) is 4.88 Å². The minimum atomic E-state index is -0.873. The monoisotopic (exact) mass is 214 g/mol. The summed E-state index contributed by atoms with van der Waals surface area (Å²) in [6.07, 6.45) is 0.939. The number of likely N-dealkylation sites (tertiary alicyclic amines) is 1. The van der Waals surface area contributed by atoms with E-state index in [4.69, 9.17) is 9.84 Å². The van der Waals surface area contributed by atoms with Crippen molar-refractivity contribution >= 4 is 17.4 Å². The Balaban J connectivity index is 1.68. The number of carboxylic acid groups (broad SMARTS) is 1. The molecule has 2 heterocycles. The molecule has 1 N–H and O–H groups in total. The fourth-order valence-electron chi connectivity index (χ4n) is 1.21. The molecule has 0 radical (unpaired) electrons. The topological polar surface area (TPSA) is 62.7 Å². The predicted octanol–water partition coefficient (Wildman–Crippen LogP) is 1.02. The summed E-state index contributed by atoms with van der Waals surface area (Å²) in [6, 6.07) is 0. The predicted molar refractivity (Wildman–Crippen MR) is 50.3 cm³/mol. The molecule has 6 heteroatoms. The Kier molecular flexibility index (Phi) is 2.64. The Bertz CT molecular complexity index is 308. The van der Waals surface area contributed by atoms with E-state index >= 15 is 0 Å². The lowest BCUT2D eigenvalue weighted by atomic mass is 10.2. The molecule has 1 aliphatic rings. The average molecular weight is 214 g/mol. The molecule has 0 spiro atoms. The van der Waals surface area contributed by atoms with Crippen molar-refractivity contribution in [2.45, 2.75) is 12.7 Å². The van der Waals surface area contributed by atoms with Gasteiger partial charge in [0.15, 0.2) is 0 Å². The van der Waals surface area contributed by atoms with Gasteiger partial charge >= 0.3 is 6.09 Å². The van der Waals surface area contributed by atoms with Gasteiger partial charge < -0.3 is 14.7 Å². The quantitative estimate of drug-likeness (QED) is 0.816. The molecule has 1 saturated heterocycles. The average Bonchev–Trinajstić information content (AvgIpc) is 2.52. The van der Waals surface area contributed by atoms with Crippen molar-refractivity contribution in [3.8, 4) is 0 Å². The summed E-state index contributed by atoms with van der Waals surface area (Å²) in [6.45, 7) is 1.49. The van der Waals surface area contributed by atoms with E-state index in [1.807, 2.05) is 0 Å². The highest BCUT2D eigenvalue weighted by Gasteiger charge is 2.30. The minimum Gasteiger partial charge on any atom is -0.465 e. The summed E-state index contributed by atoms with van der Waals surface area (Å²) >= 11 is 1.54. The van der Waals surface area contributed by atoms with Crippen LogP contribution >= 0.6 is 11.3 Å². The van der Waals surface area contributed by atoms with Crippen molar-refractivity contribution in [2.75, 3.05) is 13.1 Å². The first kappa shape index (κ1) is 9.42. The Labute approximate surface area is 84.9 Å². The van der Waals surface area contributed by atoms with Crippen molar-refractivity contribution < 1.29 is 14.6 Å². The van der Waals surface area contributed by atoms with Crippen LogP contribution in [0.3, 0.4) is 0 Å². The van der Waals surface area contributed by atoms with Crippen LogP contribution in [0.25, 0.3) is 0 Å². The fraction of sp³-hybridized carbons (Fsp3) is 0.500. The van der Waals surface area contributed by atoms with Gasteiger partial charge in [-0.15, -0.1) is 11.3 Å². The highest BCUT2D eigenvalue weighted by molar-refractivity contribution is 7.09. The van der Waals surface area contributed by atoms with Gasteiger partial charge in [0.25, 0.3) is 0 Å². The van der Waals surface area contributed by atoms with E-state index in [1.165, 1.54) is 4.90 Å². The molecule has 0 aromatic carbocycles. The normalized spacial score (nSPS) is 16.7. The number of thiazole rings is 1. The van der Waals surface area contributed by atoms with Crippen molar-refractivity contribution in [3.05, 3.63) is 16.6 Å². The van der Waals surface area contributed by atoms with Crippen LogP contribution in [0, 0.1) is 0 Å². The van der Waals surface area contributed by atoms with Gasteiger partial charge in [-0.1, -0.05) is 0 Å². The fourth-order valence-corrected chi connectivity index (χ4v) is 1.73. The Morgan fingerprint density at radius 3 is 3.14 bits per heavy atom. The molecule has 0 bridgehead atoms. The van der Waals surface area contributed by atoms with E-state index < -0.39 is 6.09 Å². The van der Waals surface area contributed by atoms with Crippen molar-refractivity contribution in [2.24, 2.45) is 0 Å². The van der Waals surface area contributed by atoms with Gasteiger partial charge in [-0.05, 0) is 0 Å². The van der Waals surface area contributed by atoms with Crippen LogP contribution in [0.1, 0.15) is 4.88 Å². The van der Waals surface area contributed by atoms with Crippen LogP contribution in [0.4, 0.5) is 4.79 Å². The number of aromatic nitrogens is 1. The molecule has 2 rings (SSSR count). The second kappa shape index (κ2) is 3.93. The molecule has 0 saturated carbocycles. The molecule has 5 nitrogen and oxygen atoms in total. The molecule has 1 amide bonds. The third kappa shape index (κ3) is 2.02. The summed E-state index contributed by atoms with van der Waals surface area (Å²) in [7, 11) is 0. The lowest BCUT2D eigenvalue weighted by Crippen LogP contribution is -2.54. The highest BCUT2D eigenvalue weighted by atomic mass is 32.1. The number of hydrogen-bond donors (Lipinski definition) is 1. The Morgan fingerprint density at radius 2 is 2.57 bits per heavy atom. The molecular formula is C8H10N2O3S. The second-order valence-electron chi connectivity index (χ2n) is 3.09. The Morgan fingerprint density at radius 1 is 1.79 bits per heavy atom. The van der Waals surface area contributed by atoms with E-state index in [1.54, 1.807) is 23.0 Å². The molecule has 0 aliphatic carbocycles. The second-order valence-corrected chi connectivity index (χ2v) is 4.06. The van der Waals surface area contributed by atoms with Crippen LogP contribution in [0.15, 0.2) is 11.7 Å². The standard InChI is InChI=1S/C8H10N2O3S/c11-8(12)10-2-6(3-10)13-4-7-1-9-5-14-7/h1,5-6H,2-4H2,(H,11,12). The first-order chi connectivity index (χ1) is 6.75. The van der Waals surface area contributed by atoms with Gasteiger partial charge in [-0.2, -0.15) is 0 Å². The number of hydrogen-bond acceptors (Lipinski definition) is 4. The zero-order valence-electron chi connectivity index (χ0n) is 7.42. The zero-order valence-corrected chi connectivity index (χ0v) is 8.24. The zero-order chi connectivity index (χ0) is 9.97. The van der Waals surface area contributed by atoms with Crippen LogP contribution in [0.2, 0.25) is 0 Å². The summed E-state index contributed by atoms with van der Waals surface area (Å²) in [5.41, 5.74) is 1.75. The van der Waals surface area contributed by atoms with E-state index in [9.17, 15) is 4.79 Å². The van der Waals surface area contributed by atoms with Crippen LogP contribution in [0.5, 0.6) is 0 Å². The van der Waals surface area contributed by atoms with Gasteiger partial charge in [0.2, 0.25) is 0 Å². The van der Waals surface area contributed by atoms with Gasteiger partial charge in [-0.25, -0.2) is 4.79 Å². The smallest absolute Gasteiger partial charge is 0.407 e. The maximum Gasteiger partial charge on any atom is 0.407 e. The van der Waals surface area contributed by atoms with Crippen LogP contribution < -0.4 is 0 Å². The van der Waals surface area contributed by atoms with E-state index in [0.29, 0.717) is 19.7 Å². The van der Waals surface area contributed by atoms with Crippen molar-refractivity contribution in [1.29, 1.82) is 0 Å². The first-order valence-corrected chi connectivity index (χ1v) is 5.10. The van der Waals surface area contributed by atoms with Crippen molar-refractivity contribution in [1.82, 2.24) is 9.88 Å². The summed E-state index contributed by atoms with van der Waals surface area (Å²) in [5.74, 6) is 0. The molecular weight excluding hydrogens is 204 g/mol. The SMILES string of the molecule is O=C(O)N1CC(OCc2cncs2)C1. The molecule has 0 atom stereocenters. The molecule has 76 valence electrons. The molecule has 1 aliphatic heterocycles. The molecule has 1 aromatic rings.